The lowest BCUT2D eigenvalue weighted by molar-refractivity contribution is 0.0378. The topological polar surface area (TPSA) is 115 Å². The van der Waals surface area contributed by atoms with Gasteiger partial charge in [0.05, 0.1) is 34.6 Å². The van der Waals surface area contributed by atoms with Gasteiger partial charge in [0.15, 0.2) is 6.10 Å². The number of ether oxygens (including phenoxy) is 1. The second-order valence-corrected chi connectivity index (χ2v) is 7.75. The Morgan fingerprint density at radius 1 is 0.742 bits per heavy atom. The molecule has 0 unspecified atom stereocenters. The molecule has 5 rings (SSSR count). The van der Waals surface area contributed by atoms with Gasteiger partial charge >= 0.3 is 11.9 Å². The van der Waals surface area contributed by atoms with Gasteiger partial charge < -0.3 is 9.84 Å². The third-order valence-electron chi connectivity index (χ3n) is 4.73. The first-order valence-corrected chi connectivity index (χ1v) is 10.5. The van der Waals surface area contributed by atoms with E-state index in [1.54, 1.807) is 0 Å². The second kappa shape index (κ2) is 7.82. The monoisotopic (exact) mass is 448 g/mol. The molecule has 8 nitrogen and oxygen atoms in total. The van der Waals surface area contributed by atoms with Crippen molar-refractivity contribution in [3.05, 3.63) is 82.9 Å². The molecule has 0 radical (unpaired) electrons. The molecule has 0 aliphatic rings. The third-order valence-corrected chi connectivity index (χ3v) is 5.84. The zero-order chi connectivity index (χ0) is 21.4. The summed E-state index contributed by atoms with van der Waals surface area (Å²) in [5.41, 5.74) is 4.50. The first-order valence-electron chi connectivity index (χ1n) is 9.07. The lowest BCUT2D eigenvalue weighted by Crippen LogP contribution is -2.14. The molecule has 0 spiro atoms. The summed E-state index contributed by atoms with van der Waals surface area (Å²) in [4.78, 5) is 24.2. The quantitative estimate of drug-likeness (QED) is 0.395. The van der Waals surface area contributed by atoms with Crippen LogP contribution in [0, 0.1) is 0 Å². The Bertz CT molecular complexity index is 1370. The van der Waals surface area contributed by atoms with Crippen LogP contribution in [0.1, 0.15) is 37.9 Å². The van der Waals surface area contributed by atoms with Crippen LogP contribution in [0.25, 0.3) is 22.1 Å². The van der Waals surface area contributed by atoms with E-state index in [0.29, 0.717) is 22.2 Å². The predicted molar refractivity (Wildman–Crippen MR) is 115 cm³/mol. The number of esters is 1. The smallest absolute Gasteiger partial charge is 0.339 e. The van der Waals surface area contributed by atoms with Crippen molar-refractivity contribution in [2.75, 3.05) is 0 Å². The molecule has 0 bridgehead atoms. The second-order valence-electron chi connectivity index (χ2n) is 6.70. The van der Waals surface area contributed by atoms with Gasteiger partial charge in [-0.2, -0.15) is 17.5 Å². The van der Waals surface area contributed by atoms with Crippen LogP contribution in [-0.2, 0) is 4.74 Å². The van der Waals surface area contributed by atoms with Gasteiger partial charge in [0, 0.05) is 0 Å². The molecule has 3 aromatic carbocycles. The normalized spacial score (nSPS) is 11.3. The van der Waals surface area contributed by atoms with Crippen LogP contribution in [0.2, 0.25) is 0 Å². The zero-order valence-electron chi connectivity index (χ0n) is 15.6. The molecule has 10 heteroatoms. The summed E-state index contributed by atoms with van der Waals surface area (Å²) in [5.74, 6) is -1.75. The first-order chi connectivity index (χ1) is 15.1. The van der Waals surface area contributed by atoms with Gasteiger partial charge in [-0.1, -0.05) is 18.2 Å². The van der Waals surface area contributed by atoms with Crippen LogP contribution in [-0.4, -0.2) is 34.5 Å². The van der Waals surface area contributed by atoms with Crippen LogP contribution in [0.5, 0.6) is 0 Å². The molecule has 2 heterocycles. The highest BCUT2D eigenvalue weighted by Gasteiger charge is 2.22. The molecule has 5 aromatic rings. The largest absolute Gasteiger partial charge is 0.478 e. The number of rotatable bonds is 5. The van der Waals surface area contributed by atoms with Crippen LogP contribution >= 0.6 is 23.5 Å². The fourth-order valence-electron chi connectivity index (χ4n) is 3.21. The van der Waals surface area contributed by atoms with E-state index in [-0.39, 0.29) is 11.1 Å². The number of carbonyl (C=O) groups excluding carboxylic acids is 1. The van der Waals surface area contributed by atoms with Crippen LogP contribution in [0.15, 0.2) is 60.7 Å². The van der Waals surface area contributed by atoms with E-state index in [0.717, 1.165) is 34.5 Å². The molecule has 0 saturated heterocycles. The summed E-state index contributed by atoms with van der Waals surface area (Å²) in [6.45, 7) is 0. The molecule has 31 heavy (non-hydrogen) atoms. The highest BCUT2D eigenvalue weighted by molar-refractivity contribution is 7.00. The summed E-state index contributed by atoms with van der Waals surface area (Å²) >= 11 is 2.21. The van der Waals surface area contributed by atoms with Gasteiger partial charge in [0.25, 0.3) is 0 Å². The number of carboxylic acids is 1. The van der Waals surface area contributed by atoms with Gasteiger partial charge in [-0.15, -0.1) is 0 Å². The molecule has 0 fully saturated rings. The van der Waals surface area contributed by atoms with E-state index in [2.05, 4.69) is 17.5 Å². The maximum Gasteiger partial charge on any atom is 0.339 e. The fraction of sp³-hybridized carbons (Fsp3) is 0.0476. The first kappa shape index (κ1) is 19.2. The maximum atomic E-state index is 12.9. The highest BCUT2D eigenvalue weighted by Crippen LogP contribution is 2.31. The van der Waals surface area contributed by atoms with Crippen molar-refractivity contribution in [1.29, 1.82) is 0 Å². The third kappa shape index (κ3) is 3.74. The maximum absolute atomic E-state index is 12.9. The molecule has 1 N–H and O–H groups in total. The van der Waals surface area contributed by atoms with E-state index < -0.39 is 18.0 Å². The van der Waals surface area contributed by atoms with Gasteiger partial charge in [0.1, 0.15) is 22.1 Å². The van der Waals surface area contributed by atoms with Crippen molar-refractivity contribution in [1.82, 2.24) is 17.5 Å². The van der Waals surface area contributed by atoms with Gasteiger partial charge in [-0.3, -0.25) is 0 Å². The Balaban J connectivity index is 1.56. The Hall–Kier alpha value is -3.76. The molecular formula is C21H12N4O4S2. The van der Waals surface area contributed by atoms with E-state index in [1.165, 1.54) is 24.3 Å². The molecule has 0 aliphatic carbocycles. The standard InChI is InChI=1S/C21H12N4O4S2/c26-20(27)13-2-1-3-14(8-13)21(28)29-19(11-4-6-15-17(9-11)24-30-22-15)12-5-7-16-18(10-12)25-31-23-16/h1-10,19H,(H,26,27). The number of hydrogen-bond acceptors (Lipinski definition) is 9. The Morgan fingerprint density at radius 3 is 1.87 bits per heavy atom. The van der Waals surface area contributed by atoms with E-state index >= 15 is 0 Å². The highest BCUT2D eigenvalue weighted by atomic mass is 32.1. The number of carbonyl (C=O) groups is 2. The SMILES string of the molecule is O=C(O)c1cccc(C(=O)OC(c2ccc3nsnc3c2)c2ccc3nsnc3c2)c1. The number of nitrogens with zero attached hydrogens (tertiary/aromatic N) is 4. The fourth-order valence-corrected chi connectivity index (χ4v) is 4.24. The Labute approximate surface area is 183 Å². The molecule has 0 saturated carbocycles. The number of benzene rings is 3. The van der Waals surface area contributed by atoms with E-state index in [1.807, 2.05) is 36.4 Å². The summed E-state index contributed by atoms with van der Waals surface area (Å²) in [6.07, 6.45) is -0.752. The van der Waals surface area contributed by atoms with Gasteiger partial charge in [0.2, 0.25) is 0 Å². The van der Waals surface area contributed by atoms with E-state index in [9.17, 15) is 14.7 Å². The van der Waals surface area contributed by atoms with Crippen molar-refractivity contribution in [3.63, 3.8) is 0 Å². The lowest BCUT2D eigenvalue weighted by atomic mass is 10.00. The van der Waals surface area contributed by atoms with Gasteiger partial charge in [-0.25, -0.2) is 9.59 Å². The Kier molecular flexibility index (Phi) is 4.85. The van der Waals surface area contributed by atoms with Crippen LogP contribution in [0.3, 0.4) is 0 Å². The number of aromatic carboxylic acids is 1. The summed E-state index contributed by atoms with van der Waals surface area (Å²) in [7, 11) is 0. The van der Waals surface area contributed by atoms with Crippen molar-refractivity contribution in [2.45, 2.75) is 6.10 Å². The molecule has 0 atom stereocenters. The minimum Gasteiger partial charge on any atom is -0.478 e. The van der Waals surface area contributed by atoms with Crippen molar-refractivity contribution < 1.29 is 19.4 Å². The van der Waals surface area contributed by atoms with Crippen molar-refractivity contribution in [2.24, 2.45) is 0 Å². The van der Waals surface area contributed by atoms with Crippen LogP contribution in [0.4, 0.5) is 0 Å². The van der Waals surface area contributed by atoms with Crippen molar-refractivity contribution >= 4 is 57.5 Å². The minimum atomic E-state index is -1.12. The average molecular weight is 448 g/mol. The molecule has 152 valence electrons. The lowest BCUT2D eigenvalue weighted by Gasteiger charge is -2.19. The molecule has 0 aliphatic heterocycles. The van der Waals surface area contributed by atoms with Crippen LogP contribution < -0.4 is 0 Å². The zero-order valence-corrected chi connectivity index (χ0v) is 17.3. The average Bonchev–Trinajstić information content (AvgIpc) is 3.45. The Morgan fingerprint density at radius 2 is 1.29 bits per heavy atom. The number of fused-ring (bicyclic) bond motifs is 2. The van der Waals surface area contributed by atoms with Gasteiger partial charge in [-0.05, 0) is 53.6 Å². The molecule has 0 amide bonds. The molecule has 2 aromatic heterocycles. The minimum absolute atomic E-state index is 0.0101. The van der Waals surface area contributed by atoms with Crippen molar-refractivity contribution in [3.8, 4) is 0 Å². The summed E-state index contributed by atoms with van der Waals surface area (Å²) < 4.78 is 22.8. The summed E-state index contributed by atoms with van der Waals surface area (Å²) in [5, 5.41) is 9.21. The summed E-state index contributed by atoms with van der Waals surface area (Å²) in [6, 6.07) is 16.7. The molecular weight excluding hydrogens is 436 g/mol. The van der Waals surface area contributed by atoms with E-state index in [4.69, 9.17) is 4.74 Å². The number of aromatic nitrogens is 4. The predicted octanol–water partition coefficient (Wildman–Crippen LogP) is 4.34. The number of hydrogen-bond donors (Lipinski definition) is 1. The number of carboxylic acid groups (broad SMARTS) is 1.